The molecule has 0 radical (unpaired) electrons. The van der Waals surface area contributed by atoms with Crippen LogP contribution in [0.3, 0.4) is 0 Å². The van der Waals surface area contributed by atoms with Crippen LogP contribution < -0.4 is 0 Å². The highest BCUT2D eigenvalue weighted by molar-refractivity contribution is 5.27. The van der Waals surface area contributed by atoms with Crippen LogP contribution in [0, 0.1) is 0 Å². The second kappa shape index (κ2) is 3.62. The third-order valence-corrected chi connectivity index (χ3v) is 3.00. The molecule has 0 amide bonds. The smallest absolute Gasteiger partial charge is 0.115 e. The number of hydrogen-bond donors (Lipinski definition) is 2. The molecule has 14 heavy (non-hydrogen) atoms. The molecule has 0 unspecified atom stereocenters. The third kappa shape index (κ3) is 2.07. The molecule has 1 aromatic carbocycles. The number of hydrogen-bond acceptors (Lipinski definition) is 2. The molecule has 0 saturated heterocycles. The molecular weight excluding hydrogens is 176 g/mol. The van der Waals surface area contributed by atoms with Crippen molar-refractivity contribution in [2.24, 2.45) is 0 Å². The first kappa shape index (κ1) is 9.53. The Morgan fingerprint density at radius 3 is 2.21 bits per heavy atom. The van der Waals surface area contributed by atoms with Gasteiger partial charge in [0.05, 0.1) is 5.60 Å². The molecule has 2 nitrogen and oxygen atoms in total. The average Bonchev–Trinajstić information content (AvgIpc) is 2.57. The molecule has 0 aliphatic heterocycles. The van der Waals surface area contributed by atoms with Crippen molar-refractivity contribution in [1.82, 2.24) is 0 Å². The van der Waals surface area contributed by atoms with Gasteiger partial charge in [0.1, 0.15) is 5.75 Å². The Labute approximate surface area is 84.2 Å². The highest BCUT2D eigenvalue weighted by Crippen LogP contribution is 2.32. The van der Waals surface area contributed by atoms with Gasteiger partial charge in [0.15, 0.2) is 0 Å². The zero-order valence-corrected chi connectivity index (χ0v) is 8.24. The molecule has 0 bridgehead atoms. The van der Waals surface area contributed by atoms with Crippen LogP contribution in [0.5, 0.6) is 5.75 Å². The van der Waals surface area contributed by atoms with E-state index in [0.29, 0.717) is 6.42 Å². The van der Waals surface area contributed by atoms with E-state index in [0.717, 1.165) is 31.2 Å². The van der Waals surface area contributed by atoms with E-state index in [1.807, 2.05) is 12.1 Å². The van der Waals surface area contributed by atoms with E-state index in [-0.39, 0.29) is 5.75 Å². The quantitative estimate of drug-likeness (QED) is 0.754. The summed E-state index contributed by atoms with van der Waals surface area (Å²) in [6, 6.07) is 7.11. The van der Waals surface area contributed by atoms with Crippen LogP contribution in [0.2, 0.25) is 0 Å². The lowest BCUT2D eigenvalue weighted by molar-refractivity contribution is 0.0482. The maximum absolute atomic E-state index is 10.2. The lowest BCUT2D eigenvalue weighted by atomic mass is 9.93. The van der Waals surface area contributed by atoms with Crippen molar-refractivity contribution < 1.29 is 10.2 Å². The lowest BCUT2D eigenvalue weighted by Crippen LogP contribution is -2.26. The summed E-state index contributed by atoms with van der Waals surface area (Å²) in [5.74, 6) is 0.284. The summed E-state index contributed by atoms with van der Waals surface area (Å²) in [7, 11) is 0. The van der Waals surface area contributed by atoms with Crippen molar-refractivity contribution in [3.05, 3.63) is 29.8 Å². The number of aromatic hydroxyl groups is 1. The van der Waals surface area contributed by atoms with Crippen molar-refractivity contribution in [2.45, 2.75) is 37.7 Å². The van der Waals surface area contributed by atoms with Crippen molar-refractivity contribution in [1.29, 1.82) is 0 Å². The predicted octanol–water partition coefficient (Wildman–Crippen LogP) is 2.24. The Kier molecular flexibility index (Phi) is 2.46. The summed E-state index contributed by atoms with van der Waals surface area (Å²) in [5, 5.41) is 19.3. The van der Waals surface area contributed by atoms with Crippen LogP contribution in [-0.2, 0) is 6.42 Å². The van der Waals surface area contributed by atoms with E-state index in [9.17, 15) is 5.11 Å². The molecule has 76 valence electrons. The van der Waals surface area contributed by atoms with Gasteiger partial charge in [0.25, 0.3) is 0 Å². The monoisotopic (exact) mass is 192 g/mol. The van der Waals surface area contributed by atoms with E-state index in [2.05, 4.69) is 0 Å². The standard InChI is InChI=1S/C12H16O2/c13-11-5-3-10(4-6-11)9-12(14)7-1-2-8-12/h3-6,13-14H,1-2,7-9H2. The highest BCUT2D eigenvalue weighted by atomic mass is 16.3. The van der Waals surface area contributed by atoms with Gasteiger partial charge in [-0.05, 0) is 30.5 Å². The van der Waals surface area contributed by atoms with Gasteiger partial charge in [-0.25, -0.2) is 0 Å². The number of phenols is 1. The van der Waals surface area contributed by atoms with Gasteiger partial charge < -0.3 is 10.2 Å². The van der Waals surface area contributed by atoms with Crippen LogP contribution in [0.25, 0.3) is 0 Å². The average molecular weight is 192 g/mol. The Hall–Kier alpha value is -1.02. The number of phenolic OH excluding ortho intramolecular Hbond substituents is 1. The number of benzene rings is 1. The van der Waals surface area contributed by atoms with Crippen LogP contribution in [-0.4, -0.2) is 15.8 Å². The van der Waals surface area contributed by atoms with Crippen LogP contribution >= 0.6 is 0 Å². The zero-order chi connectivity index (χ0) is 10.0. The maximum Gasteiger partial charge on any atom is 0.115 e. The normalized spacial score (nSPS) is 19.8. The molecule has 1 fully saturated rings. The van der Waals surface area contributed by atoms with E-state index >= 15 is 0 Å². The SMILES string of the molecule is Oc1ccc(CC2(O)CCCC2)cc1. The highest BCUT2D eigenvalue weighted by Gasteiger charge is 2.30. The molecule has 0 atom stereocenters. The Morgan fingerprint density at radius 1 is 1.07 bits per heavy atom. The fourth-order valence-electron chi connectivity index (χ4n) is 2.20. The molecule has 2 N–H and O–H groups in total. The fourth-order valence-corrected chi connectivity index (χ4v) is 2.20. The van der Waals surface area contributed by atoms with Crippen LogP contribution in [0.15, 0.2) is 24.3 Å². The first-order chi connectivity index (χ1) is 6.68. The summed E-state index contributed by atoms with van der Waals surface area (Å²) in [6.45, 7) is 0. The Balaban J connectivity index is 2.06. The van der Waals surface area contributed by atoms with Crippen LogP contribution in [0.1, 0.15) is 31.2 Å². The second-order valence-electron chi connectivity index (χ2n) is 4.27. The Morgan fingerprint density at radius 2 is 1.64 bits per heavy atom. The minimum absolute atomic E-state index is 0.284. The minimum atomic E-state index is -0.489. The van der Waals surface area contributed by atoms with E-state index in [1.165, 1.54) is 0 Å². The number of rotatable bonds is 2. The maximum atomic E-state index is 10.2. The molecule has 2 heteroatoms. The van der Waals surface area contributed by atoms with E-state index in [4.69, 9.17) is 5.11 Å². The second-order valence-corrected chi connectivity index (χ2v) is 4.27. The van der Waals surface area contributed by atoms with E-state index in [1.54, 1.807) is 12.1 Å². The summed E-state index contributed by atoms with van der Waals surface area (Å²) in [5.41, 5.74) is 0.615. The van der Waals surface area contributed by atoms with Gasteiger partial charge in [-0.2, -0.15) is 0 Å². The number of aliphatic hydroxyl groups is 1. The van der Waals surface area contributed by atoms with Gasteiger partial charge >= 0.3 is 0 Å². The summed E-state index contributed by atoms with van der Waals surface area (Å²) >= 11 is 0. The van der Waals surface area contributed by atoms with Crippen molar-refractivity contribution in [2.75, 3.05) is 0 Å². The zero-order valence-electron chi connectivity index (χ0n) is 8.24. The molecule has 0 heterocycles. The van der Waals surface area contributed by atoms with Gasteiger partial charge in [0, 0.05) is 6.42 Å². The predicted molar refractivity (Wildman–Crippen MR) is 55.2 cm³/mol. The summed E-state index contributed by atoms with van der Waals surface area (Å²) in [4.78, 5) is 0. The first-order valence-corrected chi connectivity index (χ1v) is 5.18. The van der Waals surface area contributed by atoms with Gasteiger partial charge in [-0.1, -0.05) is 25.0 Å². The largest absolute Gasteiger partial charge is 0.508 e. The van der Waals surface area contributed by atoms with Crippen molar-refractivity contribution in [3.63, 3.8) is 0 Å². The van der Waals surface area contributed by atoms with Crippen molar-refractivity contribution >= 4 is 0 Å². The Bertz CT molecular complexity index is 297. The summed E-state index contributed by atoms with van der Waals surface area (Å²) < 4.78 is 0. The van der Waals surface area contributed by atoms with Crippen molar-refractivity contribution in [3.8, 4) is 5.75 Å². The molecule has 0 aromatic heterocycles. The van der Waals surface area contributed by atoms with Crippen LogP contribution in [0.4, 0.5) is 0 Å². The van der Waals surface area contributed by atoms with E-state index < -0.39 is 5.60 Å². The molecule has 1 aliphatic rings. The minimum Gasteiger partial charge on any atom is -0.508 e. The van der Waals surface area contributed by atoms with Gasteiger partial charge in [-0.15, -0.1) is 0 Å². The molecule has 1 aliphatic carbocycles. The molecule has 2 rings (SSSR count). The topological polar surface area (TPSA) is 40.5 Å². The molecular formula is C12H16O2. The third-order valence-electron chi connectivity index (χ3n) is 3.00. The fraction of sp³-hybridized carbons (Fsp3) is 0.500. The van der Waals surface area contributed by atoms with Gasteiger partial charge in [0.2, 0.25) is 0 Å². The van der Waals surface area contributed by atoms with Gasteiger partial charge in [-0.3, -0.25) is 0 Å². The summed E-state index contributed by atoms with van der Waals surface area (Å²) in [6.07, 6.45) is 4.80. The molecule has 1 saturated carbocycles. The lowest BCUT2D eigenvalue weighted by Gasteiger charge is -2.21. The first-order valence-electron chi connectivity index (χ1n) is 5.18. The molecule has 1 aromatic rings. The molecule has 0 spiro atoms.